The summed E-state index contributed by atoms with van der Waals surface area (Å²) in [5.41, 5.74) is -0.00256. The van der Waals surface area contributed by atoms with Crippen LogP contribution in [0.25, 0.3) is 0 Å². The van der Waals surface area contributed by atoms with Crippen LogP contribution in [0, 0.1) is 5.82 Å². The first-order valence-corrected chi connectivity index (χ1v) is 7.51. The van der Waals surface area contributed by atoms with E-state index in [1.807, 2.05) is 0 Å². The van der Waals surface area contributed by atoms with Crippen molar-refractivity contribution >= 4 is 21.7 Å². The summed E-state index contributed by atoms with van der Waals surface area (Å²) in [6.07, 6.45) is 0. The van der Waals surface area contributed by atoms with Crippen LogP contribution in [0.2, 0.25) is 0 Å². The zero-order chi connectivity index (χ0) is 16.3. The normalized spacial score (nSPS) is 11.0. The first kappa shape index (κ1) is 15.8. The van der Waals surface area contributed by atoms with Crippen molar-refractivity contribution in [1.82, 2.24) is 0 Å². The second-order valence-electron chi connectivity index (χ2n) is 4.29. The van der Waals surface area contributed by atoms with Gasteiger partial charge in [-0.05, 0) is 36.4 Å². The van der Waals surface area contributed by atoms with Gasteiger partial charge in [-0.15, -0.1) is 0 Å². The average Bonchev–Trinajstić information content (AvgIpc) is 2.47. The van der Waals surface area contributed by atoms with Gasteiger partial charge in [-0.1, -0.05) is 6.07 Å². The number of carboxylic acid groups (broad SMARTS) is 1. The second-order valence-corrected chi connectivity index (χ2v) is 5.97. The van der Waals surface area contributed by atoms with Gasteiger partial charge in [0.25, 0.3) is 10.0 Å². The molecular weight excluding hydrogens is 313 g/mol. The lowest BCUT2D eigenvalue weighted by Gasteiger charge is -2.10. The number of hydrogen-bond acceptors (Lipinski definition) is 4. The Labute approximate surface area is 126 Å². The molecule has 0 amide bonds. The molecule has 0 bridgehead atoms. The largest absolute Gasteiger partial charge is 0.494 e. The molecule has 2 aromatic rings. The van der Waals surface area contributed by atoms with E-state index in [0.29, 0.717) is 0 Å². The third kappa shape index (κ3) is 3.34. The maximum Gasteiger partial charge on any atom is 0.335 e. The quantitative estimate of drug-likeness (QED) is 0.880. The molecule has 2 N–H and O–H groups in total. The fourth-order valence-electron chi connectivity index (χ4n) is 1.74. The molecule has 0 saturated carbocycles. The number of halogens is 1. The summed E-state index contributed by atoms with van der Waals surface area (Å²) in [5.74, 6) is -2.08. The summed E-state index contributed by atoms with van der Waals surface area (Å²) >= 11 is 0. The van der Waals surface area contributed by atoms with Gasteiger partial charge in [-0.25, -0.2) is 17.6 Å². The third-order valence-corrected chi connectivity index (χ3v) is 4.17. The Hall–Kier alpha value is -2.61. The fourth-order valence-corrected chi connectivity index (χ4v) is 2.80. The van der Waals surface area contributed by atoms with E-state index in [1.54, 1.807) is 0 Å². The Morgan fingerprint density at radius 1 is 1.23 bits per heavy atom. The van der Waals surface area contributed by atoms with Crippen LogP contribution in [0.15, 0.2) is 47.4 Å². The Morgan fingerprint density at radius 2 is 1.95 bits per heavy atom. The molecule has 116 valence electrons. The summed E-state index contributed by atoms with van der Waals surface area (Å²) in [6.45, 7) is 0. The van der Waals surface area contributed by atoms with Crippen molar-refractivity contribution in [2.75, 3.05) is 11.8 Å². The molecule has 0 fully saturated rings. The Bertz CT molecular complexity index is 820. The number of aromatic carboxylic acids is 1. The predicted octanol–water partition coefficient (Wildman–Crippen LogP) is 2.33. The molecule has 2 aromatic carbocycles. The topological polar surface area (TPSA) is 92.7 Å². The van der Waals surface area contributed by atoms with E-state index in [9.17, 15) is 17.6 Å². The van der Waals surface area contributed by atoms with Gasteiger partial charge in [0.2, 0.25) is 0 Å². The van der Waals surface area contributed by atoms with E-state index in [0.717, 1.165) is 6.07 Å². The molecule has 0 atom stereocenters. The number of carboxylic acids is 1. The van der Waals surface area contributed by atoms with E-state index in [4.69, 9.17) is 9.84 Å². The molecule has 0 aliphatic carbocycles. The molecule has 0 saturated heterocycles. The van der Waals surface area contributed by atoms with Gasteiger partial charge < -0.3 is 9.84 Å². The van der Waals surface area contributed by atoms with Crippen LogP contribution < -0.4 is 9.46 Å². The molecule has 0 aromatic heterocycles. The first-order chi connectivity index (χ1) is 10.3. The van der Waals surface area contributed by atoms with E-state index in [1.165, 1.54) is 43.5 Å². The highest BCUT2D eigenvalue weighted by Crippen LogP contribution is 2.23. The lowest BCUT2D eigenvalue weighted by atomic mass is 10.2. The molecule has 0 radical (unpaired) electrons. The van der Waals surface area contributed by atoms with Crippen molar-refractivity contribution in [2.24, 2.45) is 0 Å². The van der Waals surface area contributed by atoms with Crippen LogP contribution in [0.3, 0.4) is 0 Å². The number of sulfonamides is 1. The van der Waals surface area contributed by atoms with Gasteiger partial charge in [-0.3, -0.25) is 4.72 Å². The maximum atomic E-state index is 13.6. The summed E-state index contributed by atoms with van der Waals surface area (Å²) < 4.78 is 44.8. The lowest BCUT2D eigenvalue weighted by Crippen LogP contribution is -2.13. The van der Waals surface area contributed by atoms with E-state index in [-0.39, 0.29) is 21.9 Å². The molecule has 0 unspecified atom stereocenters. The second kappa shape index (κ2) is 6.02. The Morgan fingerprint density at radius 3 is 2.55 bits per heavy atom. The predicted molar refractivity (Wildman–Crippen MR) is 77.2 cm³/mol. The average molecular weight is 325 g/mol. The number of anilines is 1. The van der Waals surface area contributed by atoms with E-state index in [2.05, 4.69) is 4.72 Å². The Balaban J connectivity index is 2.33. The smallest absolute Gasteiger partial charge is 0.335 e. The van der Waals surface area contributed by atoms with E-state index >= 15 is 0 Å². The van der Waals surface area contributed by atoms with Crippen LogP contribution in [0.5, 0.6) is 5.75 Å². The summed E-state index contributed by atoms with van der Waals surface area (Å²) in [4.78, 5) is 10.6. The van der Waals surface area contributed by atoms with Gasteiger partial charge >= 0.3 is 5.97 Å². The molecule has 22 heavy (non-hydrogen) atoms. The van der Waals surface area contributed by atoms with Crippen LogP contribution >= 0.6 is 0 Å². The molecule has 0 aliphatic rings. The highest BCUT2D eigenvalue weighted by molar-refractivity contribution is 7.92. The molecule has 8 heteroatoms. The lowest BCUT2D eigenvalue weighted by molar-refractivity contribution is 0.0697. The van der Waals surface area contributed by atoms with Crippen molar-refractivity contribution in [3.05, 3.63) is 53.8 Å². The number of nitrogens with one attached hydrogen (secondary N) is 1. The van der Waals surface area contributed by atoms with Crippen LogP contribution in [0.4, 0.5) is 10.1 Å². The molecule has 6 nitrogen and oxygen atoms in total. The molecular formula is C14H12FNO5S. The van der Waals surface area contributed by atoms with Crippen LogP contribution in [-0.2, 0) is 10.0 Å². The molecule has 0 heterocycles. The van der Waals surface area contributed by atoms with Gasteiger partial charge in [0.15, 0.2) is 11.6 Å². The van der Waals surface area contributed by atoms with Crippen molar-refractivity contribution < 1.29 is 27.4 Å². The highest BCUT2D eigenvalue weighted by atomic mass is 32.2. The van der Waals surface area contributed by atoms with Crippen molar-refractivity contribution in [1.29, 1.82) is 0 Å². The number of hydrogen-bond donors (Lipinski definition) is 2. The SMILES string of the molecule is COc1ccc(S(=O)(=O)Nc2cccc(C(=O)O)c2)cc1F. The molecule has 0 spiro atoms. The molecule has 0 aliphatic heterocycles. The summed E-state index contributed by atoms with van der Waals surface area (Å²) in [7, 11) is -2.78. The minimum absolute atomic E-state index is 0.0659. The van der Waals surface area contributed by atoms with Gasteiger partial charge in [0.1, 0.15) is 0 Å². The number of carbonyl (C=O) groups is 1. The number of methoxy groups -OCH3 is 1. The van der Waals surface area contributed by atoms with Crippen molar-refractivity contribution in [2.45, 2.75) is 4.90 Å². The molecule has 2 rings (SSSR count). The van der Waals surface area contributed by atoms with Crippen molar-refractivity contribution in [3.8, 4) is 5.75 Å². The van der Waals surface area contributed by atoms with Gasteiger partial charge in [0.05, 0.1) is 17.6 Å². The standard InChI is InChI=1S/C14H12FNO5S/c1-21-13-6-5-11(8-12(13)15)22(19,20)16-10-4-2-3-9(7-10)14(17)18/h2-8,16H,1H3,(H,17,18). The summed E-state index contributed by atoms with van der Waals surface area (Å²) in [5, 5.41) is 8.88. The number of ether oxygens (including phenoxy) is 1. The number of benzene rings is 2. The van der Waals surface area contributed by atoms with Gasteiger partial charge in [0, 0.05) is 5.69 Å². The van der Waals surface area contributed by atoms with Crippen LogP contribution in [-0.4, -0.2) is 26.6 Å². The third-order valence-electron chi connectivity index (χ3n) is 2.80. The maximum absolute atomic E-state index is 13.6. The first-order valence-electron chi connectivity index (χ1n) is 6.03. The zero-order valence-corrected chi connectivity index (χ0v) is 12.2. The monoisotopic (exact) mass is 325 g/mol. The fraction of sp³-hybridized carbons (Fsp3) is 0.0714. The van der Waals surface area contributed by atoms with Crippen LogP contribution in [0.1, 0.15) is 10.4 Å². The van der Waals surface area contributed by atoms with Gasteiger partial charge in [-0.2, -0.15) is 0 Å². The van der Waals surface area contributed by atoms with E-state index < -0.39 is 21.8 Å². The summed E-state index contributed by atoms with van der Waals surface area (Å²) in [6, 6.07) is 8.48. The Kier molecular flexibility index (Phi) is 4.32. The minimum atomic E-state index is -4.04. The highest BCUT2D eigenvalue weighted by Gasteiger charge is 2.17. The number of rotatable bonds is 5. The van der Waals surface area contributed by atoms with Crippen molar-refractivity contribution in [3.63, 3.8) is 0 Å². The minimum Gasteiger partial charge on any atom is -0.494 e. The zero-order valence-electron chi connectivity index (χ0n) is 11.4.